The highest BCUT2D eigenvalue weighted by Gasteiger charge is 2.14. The molecule has 0 radical (unpaired) electrons. The van der Waals surface area contributed by atoms with Crippen LogP contribution in [0.25, 0.3) is 10.8 Å². The van der Waals surface area contributed by atoms with E-state index in [0.29, 0.717) is 11.4 Å². The van der Waals surface area contributed by atoms with Crippen LogP contribution in [-0.2, 0) is 9.59 Å². The van der Waals surface area contributed by atoms with Gasteiger partial charge in [-0.25, -0.2) is 0 Å². The maximum atomic E-state index is 11.9. The second-order valence-corrected chi connectivity index (χ2v) is 4.93. The van der Waals surface area contributed by atoms with Crippen molar-refractivity contribution < 1.29 is 19.4 Å². The fraction of sp³-hybridized carbons (Fsp3) is 0.250. The molecular weight excluding hydrogens is 284 g/mol. The van der Waals surface area contributed by atoms with E-state index in [4.69, 9.17) is 15.6 Å². The highest BCUT2D eigenvalue weighted by atomic mass is 16.5. The van der Waals surface area contributed by atoms with Crippen LogP contribution in [0.1, 0.15) is 12.8 Å². The van der Waals surface area contributed by atoms with Crippen molar-refractivity contribution in [2.45, 2.75) is 18.9 Å². The molecule has 4 N–H and O–H groups in total. The number of carboxylic acid groups (broad SMARTS) is 1. The van der Waals surface area contributed by atoms with Gasteiger partial charge in [0.15, 0.2) is 0 Å². The first-order valence-corrected chi connectivity index (χ1v) is 6.86. The monoisotopic (exact) mass is 302 g/mol. The summed E-state index contributed by atoms with van der Waals surface area (Å²) in [5.41, 5.74) is 5.98. The molecule has 2 aromatic carbocycles. The highest BCUT2D eigenvalue weighted by molar-refractivity contribution is 5.97. The van der Waals surface area contributed by atoms with E-state index in [2.05, 4.69) is 5.32 Å². The van der Waals surface area contributed by atoms with Gasteiger partial charge in [0, 0.05) is 23.6 Å². The fourth-order valence-electron chi connectivity index (χ4n) is 2.15. The number of nitrogens with one attached hydrogen (secondary N) is 1. The Hall–Kier alpha value is -2.60. The number of rotatable bonds is 6. The summed E-state index contributed by atoms with van der Waals surface area (Å²) >= 11 is 0. The first-order chi connectivity index (χ1) is 10.5. The molecule has 0 aliphatic rings. The minimum absolute atomic E-state index is 0.0443. The molecule has 0 aliphatic heterocycles. The van der Waals surface area contributed by atoms with Gasteiger partial charge in [-0.15, -0.1) is 0 Å². The van der Waals surface area contributed by atoms with Crippen LogP contribution in [0, 0.1) is 0 Å². The largest absolute Gasteiger partial charge is 0.496 e. The van der Waals surface area contributed by atoms with Crippen LogP contribution < -0.4 is 15.8 Å². The number of benzene rings is 2. The van der Waals surface area contributed by atoms with Gasteiger partial charge >= 0.3 is 5.97 Å². The van der Waals surface area contributed by atoms with Gasteiger partial charge in [-0.2, -0.15) is 0 Å². The van der Waals surface area contributed by atoms with Crippen LogP contribution >= 0.6 is 0 Å². The summed E-state index contributed by atoms with van der Waals surface area (Å²) < 4.78 is 5.33. The quantitative estimate of drug-likeness (QED) is 0.757. The maximum Gasteiger partial charge on any atom is 0.320 e. The predicted octanol–water partition coefficient (Wildman–Crippen LogP) is 1.98. The van der Waals surface area contributed by atoms with Gasteiger partial charge in [-0.3, -0.25) is 9.59 Å². The van der Waals surface area contributed by atoms with Crippen molar-refractivity contribution in [3.63, 3.8) is 0 Å². The fourth-order valence-corrected chi connectivity index (χ4v) is 2.15. The average molecular weight is 302 g/mol. The molecule has 1 amide bonds. The summed E-state index contributed by atoms with van der Waals surface area (Å²) in [6.45, 7) is 0. The van der Waals surface area contributed by atoms with Gasteiger partial charge in [0.05, 0.1) is 7.11 Å². The molecule has 2 aromatic rings. The molecule has 1 atom stereocenters. The zero-order valence-electron chi connectivity index (χ0n) is 12.2. The Morgan fingerprint density at radius 1 is 1.32 bits per heavy atom. The van der Waals surface area contributed by atoms with Gasteiger partial charge in [-0.05, 0) is 17.9 Å². The van der Waals surface area contributed by atoms with Gasteiger partial charge in [-0.1, -0.05) is 24.3 Å². The van der Waals surface area contributed by atoms with Crippen molar-refractivity contribution >= 4 is 28.3 Å². The first kappa shape index (κ1) is 15.8. The molecule has 6 heteroatoms. The molecule has 6 nitrogen and oxygen atoms in total. The van der Waals surface area contributed by atoms with Crippen LogP contribution in [0.3, 0.4) is 0 Å². The zero-order chi connectivity index (χ0) is 16.1. The second-order valence-electron chi connectivity index (χ2n) is 4.93. The molecule has 1 unspecified atom stereocenters. The molecule has 2 rings (SSSR count). The summed E-state index contributed by atoms with van der Waals surface area (Å²) in [7, 11) is 1.57. The van der Waals surface area contributed by atoms with Crippen molar-refractivity contribution in [2.24, 2.45) is 5.73 Å². The molecule has 22 heavy (non-hydrogen) atoms. The van der Waals surface area contributed by atoms with Crippen molar-refractivity contribution in [1.82, 2.24) is 0 Å². The molecular formula is C16H18N2O4. The smallest absolute Gasteiger partial charge is 0.320 e. The number of hydrogen-bond acceptors (Lipinski definition) is 4. The normalized spacial score (nSPS) is 11.9. The summed E-state index contributed by atoms with van der Waals surface area (Å²) in [6.07, 6.45) is 0.133. The molecule has 0 spiro atoms. The lowest BCUT2D eigenvalue weighted by Crippen LogP contribution is -2.31. The number of aliphatic carboxylic acids is 1. The number of carboxylic acids is 1. The molecule has 0 saturated heterocycles. The predicted molar refractivity (Wildman–Crippen MR) is 84.0 cm³/mol. The number of methoxy groups -OCH3 is 1. The minimum atomic E-state index is -1.11. The van der Waals surface area contributed by atoms with Gasteiger partial charge < -0.3 is 20.9 Å². The van der Waals surface area contributed by atoms with Crippen molar-refractivity contribution in [2.75, 3.05) is 12.4 Å². The Bertz CT molecular complexity index is 700. The van der Waals surface area contributed by atoms with E-state index in [-0.39, 0.29) is 18.7 Å². The van der Waals surface area contributed by atoms with Crippen molar-refractivity contribution in [3.8, 4) is 5.75 Å². The highest BCUT2D eigenvalue weighted by Crippen LogP contribution is 2.29. The Morgan fingerprint density at radius 2 is 2.05 bits per heavy atom. The molecule has 0 fully saturated rings. The molecule has 0 aliphatic carbocycles. The Balaban J connectivity index is 2.11. The van der Waals surface area contributed by atoms with Gasteiger partial charge in [0.2, 0.25) is 5.91 Å². The maximum absolute atomic E-state index is 11.9. The van der Waals surface area contributed by atoms with E-state index in [1.165, 1.54) is 0 Å². The van der Waals surface area contributed by atoms with Gasteiger partial charge in [0.1, 0.15) is 11.8 Å². The number of carbonyl (C=O) groups is 2. The lowest BCUT2D eigenvalue weighted by molar-refractivity contribution is -0.138. The van der Waals surface area contributed by atoms with E-state index < -0.39 is 12.0 Å². The second kappa shape index (κ2) is 6.91. The number of nitrogens with two attached hydrogens (primary N) is 1. The summed E-state index contributed by atoms with van der Waals surface area (Å²) in [6, 6.07) is 10.2. The topological polar surface area (TPSA) is 102 Å². The summed E-state index contributed by atoms with van der Waals surface area (Å²) in [4.78, 5) is 22.5. The third kappa shape index (κ3) is 3.73. The van der Waals surface area contributed by atoms with Crippen LogP contribution in [0.5, 0.6) is 5.75 Å². The van der Waals surface area contributed by atoms with Crippen LogP contribution in [-0.4, -0.2) is 30.1 Å². The number of amides is 1. The third-order valence-corrected chi connectivity index (χ3v) is 3.33. The Morgan fingerprint density at radius 3 is 2.73 bits per heavy atom. The number of hydrogen-bond donors (Lipinski definition) is 3. The van der Waals surface area contributed by atoms with E-state index in [1.54, 1.807) is 13.2 Å². The number of anilines is 1. The Labute approximate surface area is 127 Å². The van der Waals surface area contributed by atoms with E-state index in [0.717, 1.165) is 10.8 Å². The summed E-state index contributed by atoms with van der Waals surface area (Å²) in [5.74, 6) is -0.732. The van der Waals surface area contributed by atoms with E-state index >= 15 is 0 Å². The van der Waals surface area contributed by atoms with Crippen LogP contribution in [0.4, 0.5) is 5.69 Å². The molecule has 0 bridgehead atoms. The molecule has 0 aromatic heterocycles. The van der Waals surface area contributed by atoms with E-state index in [9.17, 15) is 9.59 Å². The number of fused-ring (bicyclic) bond motifs is 1. The third-order valence-electron chi connectivity index (χ3n) is 3.33. The van der Waals surface area contributed by atoms with Crippen molar-refractivity contribution in [3.05, 3.63) is 36.4 Å². The average Bonchev–Trinajstić information content (AvgIpc) is 2.51. The number of carbonyl (C=O) groups excluding carboxylic acids is 1. The van der Waals surface area contributed by atoms with E-state index in [1.807, 2.05) is 30.3 Å². The molecule has 116 valence electrons. The Kier molecular flexibility index (Phi) is 4.95. The number of ether oxygens (including phenoxy) is 1. The van der Waals surface area contributed by atoms with Crippen LogP contribution in [0.15, 0.2) is 36.4 Å². The zero-order valence-corrected chi connectivity index (χ0v) is 12.2. The molecule has 0 saturated carbocycles. The first-order valence-electron chi connectivity index (χ1n) is 6.86. The van der Waals surface area contributed by atoms with Gasteiger partial charge in [0.25, 0.3) is 0 Å². The minimum Gasteiger partial charge on any atom is -0.496 e. The lowest BCUT2D eigenvalue weighted by Gasteiger charge is -2.11. The summed E-state index contributed by atoms with van der Waals surface area (Å²) in [5, 5.41) is 13.3. The SMILES string of the molecule is COc1cc(NC(=O)CCC(N)C(=O)O)cc2ccccc12. The van der Waals surface area contributed by atoms with Crippen molar-refractivity contribution in [1.29, 1.82) is 0 Å². The lowest BCUT2D eigenvalue weighted by atomic mass is 10.1. The van der Waals surface area contributed by atoms with Crippen LogP contribution in [0.2, 0.25) is 0 Å². The molecule has 0 heterocycles. The standard InChI is InChI=1S/C16H18N2O4/c1-22-14-9-11(8-10-4-2-3-5-12(10)14)18-15(19)7-6-13(17)16(20)21/h2-5,8-9,13H,6-7,17H2,1H3,(H,18,19)(H,20,21).